The van der Waals surface area contributed by atoms with Crippen LogP contribution in [0.2, 0.25) is 0 Å². The topological polar surface area (TPSA) is 52.9 Å². The van der Waals surface area contributed by atoms with E-state index in [9.17, 15) is 10.1 Å². The molecule has 1 aromatic carbocycles. The summed E-state index contributed by atoms with van der Waals surface area (Å²) >= 11 is 4.94. The van der Waals surface area contributed by atoms with Crippen LogP contribution in [-0.4, -0.2) is 5.91 Å². The van der Waals surface area contributed by atoms with Gasteiger partial charge in [-0.15, -0.1) is 11.3 Å². The number of nitrogens with one attached hydrogen (secondary N) is 1. The normalized spacial score (nSPS) is 16.7. The molecule has 1 heterocycles. The van der Waals surface area contributed by atoms with Crippen LogP contribution in [0.15, 0.2) is 28.7 Å². The van der Waals surface area contributed by atoms with E-state index >= 15 is 0 Å². The van der Waals surface area contributed by atoms with Crippen molar-refractivity contribution in [3.63, 3.8) is 0 Å². The highest BCUT2D eigenvalue weighted by atomic mass is 79.9. The fraction of sp³-hybridized carbons (Fsp3) is 0.294. The highest BCUT2D eigenvalue weighted by molar-refractivity contribution is 9.10. The number of amides is 1. The number of thiophene rings is 1. The summed E-state index contributed by atoms with van der Waals surface area (Å²) in [5, 5.41) is 13.1. The Labute approximate surface area is 142 Å². The van der Waals surface area contributed by atoms with Crippen molar-refractivity contribution in [2.75, 3.05) is 5.32 Å². The molecule has 3 rings (SSSR count). The van der Waals surface area contributed by atoms with Crippen molar-refractivity contribution in [3.05, 3.63) is 50.3 Å². The zero-order valence-corrected chi connectivity index (χ0v) is 14.6. The molecule has 0 unspecified atom stereocenters. The number of fused-ring (bicyclic) bond motifs is 1. The van der Waals surface area contributed by atoms with E-state index in [1.165, 1.54) is 4.88 Å². The fourth-order valence-corrected chi connectivity index (χ4v) is 4.59. The first-order valence-corrected chi connectivity index (χ1v) is 8.81. The predicted octanol–water partition coefficient (Wildman–Crippen LogP) is 4.76. The Bertz CT molecular complexity index is 775. The van der Waals surface area contributed by atoms with Crippen LogP contribution in [0.4, 0.5) is 5.00 Å². The third kappa shape index (κ3) is 2.81. The second kappa shape index (κ2) is 6.23. The molecule has 0 saturated heterocycles. The molecule has 5 heteroatoms. The van der Waals surface area contributed by atoms with Gasteiger partial charge in [0, 0.05) is 9.35 Å². The maximum Gasteiger partial charge on any atom is 0.257 e. The molecule has 22 heavy (non-hydrogen) atoms. The Morgan fingerprint density at radius 1 is 1.45 bits per heavy atom. The summed E-state index contributed by atoms with van der Waals surface area (Å²) < 4.78 is 0.751. The number of carbonyl (C=O) groups is 1. The lowest BCUT2D eigenvalue weighted by molar-refractivity contribution is 0.102. The zero-order chi connectivity index (χ0) is 15.7. The molecule has 1 aliphatic rings. The second-order valence-corrected chi connectivity index (χ2v) is 7.56. The van der Waals surface area contributed by atoms with Gasteiger partial charge in [-0.3, -0.25) is 4.79 Å². The molecular formula is C17H15BrN2OS. The Morgan fingerprint density at radius 3 is 2.95 bits per heavy atom. The monoisotopic (exact) mass is 374 g/mol. The van der Waals surface area contributed by atoms with Crippen molar-refractivity contribution >= 4 is 38.2 Å². The molecule has 3 nitrogen and oxygen atoms in total. The van der Waals surface area contributed by atoms with Crippen molar-refractivity contribution in [1.29, 1.82) is 5.26 Å². The molecule has 0 fully saturated rings. The summed E-state index contributed by atoms with van der Waals surface area (Å²) in [6.45, 7) is 2.23. The first kappa shape index (κ1) is 15.3. The Kier molecular flexibility index (Phi) is 4.32. The van der Waals surface area contributed by atoms with E-state index in [2.05, 4.69) is 34.2 Å². The molecule has 0 radical (unpaired) electrons. The molecular weight excluding hydrogens is 360 g/mol. The number of nitrogens with zero attached hydrogens (tertiary/aromatic N) is 1. The minimum atomic E-state index is -0.185. The summed E-state index contributed by atoms with van der Waals surface area (Å²) in [6.07, 6.45) is 3.04. The number of benzene rings is 1. The predicted molar refractivity (Wildman–Crippen MR) is 92.3 cm³/mol. The van der Waals surface area contributed by atoms with E-state index in [0.717, 1.165) is 29.3 Å². The lowest BCUT2D eigenvalue weighted by Gasteiger charge is -2.17. The van der Waals surface area contributed by atoms with E-state index < -0.39 is 0 Å². The maximum atomic E-state index is 12.4. The molecule has 112 valence electrons. The third-order valence-corrected chi connectivity index (χ3v) is 5.83. The summed E-state index contributed by atoms with van der Waals surface area (Å²) in [6, 6.07) is 9.57. The van der Waals surface area contributed by atoms with E-state index in [-0.39, 0.29) is 5.91 Å². The van der Waals surface area contributed by atoms with E-state index in [1.807, 2.05) is 18.2 Å². The van der Waals surface area contributed by atoms with Gasteiger partial charge in [-0.2, -0.15) is 5.26 Å². The SMILES string of the molecule is C[C@H]1CCc2c(sc(NC(=O)c3ccccc3Br)c2C#N)C1. The lowest BCUT2D eigenvalue weighted by Crippen LogP contribution is -2.12. The Hall–Kier alpha value is -1.64. The van der Waals surface area contributed by atoms with Crippen LogP contribution in [0, 0.1) is 17.2 Å². The van der Waals surface area contributed by atoms with Crippen LogP contribution in [0.1, 0.15) is 39.7 Å². The van der Waals surface area contributed by atoms with Gasteiger partial charge in [-0.25, -0.2) is 0 Å². The van der Waals surface area contributed by atoms with Gasteiger partial charge in [0.25, 0.3) is 5.91 Å². The molecule has 0 saturated carbocycles. The van der Waals surface area contributed by atoms with Crippen LogP contribution < -0.4 is 5.32 Å². The average molecular weight is 375 g/mol. The van der Waals surface area contributed by atoms with Gasteiger partial charge < -0.3 is 5.32 Å². The summed E-state index contributed by atoms with van der Waals surface area (Å²) in [5.41, 5.74) is 2.35. The summed E-state index contributed by atoms with van der Waals surface area (Å²) in [7, 11) is 0. The number of carbonyl (C=O) groups excluding carboxylic acids is 1. The number of rotatable bonds is 2. The number of hydrogen-bond acceptors (Lipinski definition) is 3. The van der Waals surface area contributed by atoms with Crippen molar-refractivity contribution in [1.82, 2.24) is 0 Å². The van der Waals surface area contributed by atoms with Crippen molar-refractivity contribution in [2.24, 2.45) is 5.92 Å². The molecule has 0 spiro atoms. The molecule has 1 N–H and O–H groups in total. The molecule has 2 aromatic rings. The first-order valence-electron chi connectivity index (χ1n) is 7.20. The van der Waals surface area contributed by atoms with Crippen molar-refractivity contribution < 1.29 is 4.79 Å². The van der Waals surface area contributed by atoms with Crippen LogP contribution >= 0.6 is 27.3 Å². The van der Waals surface area contributed by atoms with Crippen molar-refractivity contribution in [3.8, 4) is 6.07 Å². The van der Waals surface area contributed by atoms with Crippen LogP contribution in [0.25, 0.3) is 0 Å². The Morgan fingerprint density at radius 2 is 2.23 bits per heavy atom. The Balaban J connectivity index is 1.92. The minimum absolute atomic E-state index is 0.185. The number of halogens is 1. The quantitative estimate of drug-likeness (QED) is 0.823. The zero-order valence-electron chi connectivity index (χ0n) is 12.1. The lowest BCUT2D eigenvalue weighted by atomic mass is 9.88. The number of anilines is 1. The molecule has 0 bridgehead atoms. The largest absolute Gasteiger partial charge is 0.312 e. The van der Waals surface area contributed by atoms with E-state index in [0.29, 0.717) is 22.0 Å². The maximum absolute atomic E-state index is 12.4. The highest BCUT2D eigenvalue weighted by Crippen LogP contribution is 2.39. The molecule has 1 amide bonds. The third-order valence-electron chi connectivity index (χ3n) is 3.97. The van der Waals surface area contributed by atoms with Gasteiger partial charge in [-0.05, 0) is 58.8 Å². The van der Waals surface area contributed by atoms with Crippen LogP contribution in [0.3, 0.4) is 0 Å². The van der Waals surface area contributed by atoms with Gasteiger partial charge in [0.05, 0.1) is 11.1 Å². The van der Waals surface area contributed by atoms with E-state index in [1.54, 1.807) is 17.4 Å². The van der Waals surface area contributed by atoms with Crippen LogP contribution in [-0.2, 0) is 12.8 Å². The first-order chi connectivity index (χ1) is 10.6. The van der Waals surface area contributed by atoms with E-state index in [4.69, 9.17) is 0 Å². The van der Waals surface area contributed by atoms with Gasteiger partial charge in [0.15, 0.2) is 0 Å². The summed E-state index contributed by atoms with van der Waals surface area (Å²) in [4.78, 5) is 13.7. The summed E-state index contributed by atoms with van der Waals surface area (Å²) in [5.74, 6) is 0.458. The standard InChI is InChI=1S/C17H15BrN2OS/c1-10-6-7-11-13(9-19)17(22-15(11)8-10)20-16(21)12-4-2-3-5-14(12)18/h2-5,10H,6-8H2,1H3,(H,20,21)/t10-/m0/s1. The van der Waals surface area contributed by atoms with Gasteiger partial charge in [0.2, 0.25) is 0 Å². The molecule has 0 aliphatic heterocycles. The van der Waals surface area contributed by atoms with Gasteiger partial charge >= 0.3 is 0 Å². The second-order valence-electron chi connectivity index (χ2n) is 5.60. The minimum Gasteiger partial charge on any atom is -0.312 e. The number of nitriles is 1. The van der Waals surface area contributed by atoms with Crippen LogP contribution in [0.5, 0.6) is 0 Å². The molecule has 1 aliphatic carbocycles. The smallest absolute Gasteiger partial charge is 0.257 e. The molecule has 1 atom stereocenters. The number of hydrogen-bond donors (Lipinski definition) is 1. The highest BCUT2D eigenvalue weighted by Gasteiger charge is 2.25. The molecule has 1 aromatic heterocycles. The van der Waals surface area contributed by atoms with Gasteiger partial charge in [0.1, 0.15) is 11.1 Å². The van der Waals surface area contributed by atoms with Crippen molar-refractivity contribution in [2.45, 2.75) is 26.2 Å². The van der Waals surface area contributed by atoms with Gasteiger partial charge in [-0.1, -0.05) is 19.1 Å². The average Bonchev–Trinajstić information content (AvgIpc) is 2.83. The fourth-order valence-electron chi connectivity index (χ4n) is 2.77.